The molecule has 0 spiro atoms. The van der Waals surface area contributed by atoms with E-state index in [0.29, 0.717) is 0 Å². The zero-order valence-electron chi connectivity index (χ0n) is 5.55. The molecule has 0 radical (unpaired) electrons. The Balaban J connectivity index is 2.32. The van der Waals surface area contributed by atoms with Gasteiger partial charge in [0, 0.05) is 18.8 Å². The van der Waals surface area contributed by atoms with Crippen LogP contribution in [0.2, 0.25) is 0 Å². The first-order valence-electron chi connectivity index (χ1n) is 3.37. The highest BCUT2D eigenvalue weighted by atomic mass is 19.1. The zero-order valence-corrected chi connectivity index (χ0v) is 5.55. The lowest BCUT2D eigenvalue weighted by atomic mass is 10.3. The molecule has 1 aromatic carbocycles. The highest BCUT2D eigenvalue weighted by molar-refractivity contribution is 5.51. The minimum atomic E-state index is -0.149. The molecule has 0 bridgehead atoms. The topological polar surface area (TPSA) is 3.01 Å². The van der Waals surface area contributed by atoms with Gasteiger partial charge in [-0.3, -0.25) is 0 Å². The fourth-order valence-corrected chi connectivity index (χ4v) is 0.981. The SMILES string of the molecule is Fc1cccc(N2CC2)c1. The summed E-state index contributed by atoms with van der Waals surface area (Å²) in [4.78, 5) is 2.11. The Hall–Kier alpha value is -1.05. The maximum absolute atomic E-state index is 12.5. The van der Waals surface area contributed by atoms with Crippen LogP contribution in [-0.4, -0.2) is 13.1 Å². The second-order valence-corrected chi connectivity index (χ2v) is 2.47. The molecule has 2 heteroatoms. The number of anilines is 1. The van der Waals surface area contributed by atoms with E-state index in [9.17, 15) is 4.39 Å². The van der Waals surface area contributed by atoms with Gasteiger partial charge in [-0.2, -0.15) is 0 Å². The molecule has 1 heterocycles. The number of rotatable bonds is 1. The van der Waals surface area contributed by atoms with Gasteiger partial charge in [0.1, 0.15) is 5.82 Å². The van der Waals surface area contributed by atoms with Crippen molar-refractivity contribution in [1.29, 1.82) is 0 Å². The Kier molecular flexibility index (Phi) is 1.13. The minimum Gasteiger partial charge on any atom is -0.368 e. The van der Waals surface area contributed by atoms with Crippen LogP contribution in [0.5, 0.6) is 0 Å². The summed E-state index contributed by atoms with van der Waals surface area (Å²) in [5.41, 5.74) is 1.00. The van der Waals surface area contributed by atoms with Gasteiger partial charge in [-0.15, -0.1) is 0 Å². The van der Waals surface area contributed by atoms with Crippen LogP contribution in [0.25, 0.3) is 0 Å². The van der Waals surface area contributed by atoms with Crippen molar-refractivity contribution >= 4 is 5.69 Å². The average molecular weight is 137 g/mol. The van der Waals surface area contributed by atoms with Crippen molar-refractivity contribution in [2.24, 2.45) is 0 Å². The highest BCUT2D eigenvalue weighted by Crippen LogP contribution is 2.20. The van der Waals surface area contributed by atoms with Crippen molar-refractivity contribution in [2.45, 2.75) is 0 Å². The molecule has 0 unspecified atom stereocenters. The van der Waals surface area contributed by atoms with Gasteiger partial charge in [0.15, 0.2) is 0 Å². The first-order chi connectivity index (χ1) is 4.86. The summed E-state index contributed by atoms with van der Waals surface area (Å²) in [6.07, 6.45) is 0. The van der Waals surface area contributed by atoms with Gasteiger partial charge < -0.3 is 4.90 Å². The van der Waals surface area contributed by atoms with Gasteiger partial charge in [0.2, 0.25) is 0 Å². The van der Waals surface area contributed by atoms with E-state index in [-0.39, 0.29) is 5.82 Å². The normalized spacial score (nSPS) is 15.5. The molecule has 0 saturated carbocycles. The summed E-state index contributed by atoms with van der Waals surface area (Å²) < 4.78 is 12.5. The molecule has 0 amide bonds. The smallest absolute Gasteiger partial charge is 0.125 e. The van der Waals surface area contributed by atoms with Crippen molar-refractivity contribution in [3.63, 3.8) is 0 Å². The third-order valence-electron chi connectivity index (χ3n) is 1.62. The lowest BCUT2D eigenvalue weighted by Crippen LogP contribution is -1.89. The Morgan fingerprint density at radius 1 is 1.30 bits per heavy atom. The van der Waals surface area contributed by atoms with Crippen molar-refractivity contribution in [3.05, 3.63) is 30.1 Å². The molecule has 1 saturated heterocycles. The van der Waals surface area contributed by atoms with E-state index in [1.807, 2.05) is 6.07 Å². The monoisotopic (exact) mass is 137 g/mol. The molecule has 1 aromatic rings. The quantitative estimate of drug-likeness (QED) is 0.532. The van der Waals surface area contributed by atoms with E-state index < -0.39 is 0 Å². The van der Waals surface area contributed by atoms with Crippen LogP contribution in [0, 0.1) is 5.82 Å². The molecule has 1 nitrogen and oxygen atoms in total. The van der Waals surface area contributed by atoms with Crippen LogP contribution in [0.15, 0.2) is 24.3 Å². The predicted molar refractivity (Wildman–Crippen MR) is 38.6 cm³/mol. The fourth-order valence-electron chi connectivity index (χ4n) is 0.981. The van der Waals surface area contributed by atoms with Crippen molar-refractivity contribution < 1.29 is 4.39 Å². The molecule has 0 N–H and O–H groups in total. The number of nitrogens with zero attached hydrogens (tertiary/aromatic N) is 1. The number of hydrogen-bond acceptors (Lipinski definition) is 1. The van der Waals surface area contributed by atoms with Gasteiger partial charge in [-0.05, 0) is 18.2 Å². The van der Waals surface area contributed by atoms with Crippen LogP contribution >= 0.6 is 0 Å². The molecule has 1 fully saturated rings. The van der Waals surface area contributed by atoms with Gasteiger partial charge in [0.25, 0.3) is 0 Å². The lowest BCUT2D eigenvalue weighted by Gasteiger charge is -1.99. The molecule has 52 valence electrons. The summed E-state index contributed by atoms with van der Waals surface area (Å²) >= 11 is 0. The number of hydrogen-bond donors (Lipinski definition) is 0. The van der Waals surface area contributed by atoms with Crippen LogP contribution in [0.4, 0.5) is 10.1 Å². The van der Waals surface area contributed by atoms with E-state index in [1.54, 1.807) is 12.1 Å². The Labute approximate surface area is 59.1 Å². The maximum Gasteiger partial charge on any atom is 0.125 e. The van der Waals surface area contributed by atoms with Gasteiger partial charge in [-0.25, -0.2) is 4.39 Å². The average Bonchev–Trinajstić information content (AvgIpc) is 2.68. The molecule has 1 aliphatic rings. The largest absolute Gasteiger partial charge is 0.368 e. The summed E-state index contributed by atoms with van der Waals surface area (Å²) in [6.45, 7) is 2.15. The summed E-state index contributed by atoms with van der Waals surface area (Å²) in [5, 5.41) is 0. The molecule has 1 aliphatic heterocycles. The number of halogens is 1. The van der Waals surface area contributed by atoms with Crippen LogP contribution in [0.3, 0.4) is 0 Å². The van der Waals surface area contributed by atoms with Crippen LogP contribution in [-0.2, 0) is 0 Å². The second-order valence-electron chi connectivity index (χ2n) is 2.47. The van der Waals surface area contributed by atoms with Crippen molar-refractivity contribution in [2.75, 3.05) is 18.0 Å². The van der Waals surface area contributed by atoms with E-state index in [2.05, 4.69) is 4.90 Å². The summed E-state index contributed by atoms with van der Waals surface area (Å²) in [6, 6.07) is 6.69. The van der Waals surface area contributed by atoms with E-state index in [1.165, 1.54) is 6.07 Å². The van der Waals surface area contributed by atoms with Crippen molar-refractivity contribution in [3.8, 4) is 0 Å². The molecule has 10 heavy (non-hydrogen) atoms. The highest BCUT2D eigenvalue weighted by Gasteiger charge is 2.17. The molecule has 0 aromatic heterocycles. The molecular weight excluding hydrogens is 129 g/mol. The predicted octanol–water partition coefficient (Wildman–Crippen LogP) is 1.65. The molecule has 2 rings (SSSR count). The van der Waals surface area contributed by atoms with E-state index in [0.717, 1.165) is 18.8 Å². The summed E-state index contributed by atoms with van der Waals surface area (Å²) in [5.74, 6) is -0.149. The Bertz CT molecular complexity index is 243. The van der Waals surface area contributed by atoms with Crippen LogP contribution in [0.1, 0.15) is 0 Å². The molecular formula is C8H8FN. The third-order valence-corrected chi connectivity index (χ3v) is 1.62. The third kappa shape index (κ3) is 0.967. The first kappa shape index (κ1) is 5.71. The van der Waals surface area contributed by atoms with Crippen molar-refractivity contribution in [1.82, 2.24) is 0 Å². The van der Waals surface area contributed by atoms with Gasteiger partial charge in [-0.1, -0.05) is 6.07 Å². The van der Waals surface area contributed by atoms with E-state index >= 15 is 0 Å². The maximum atomic E-state index is 12.5. The van der Waals surface area contributed by atoms with E-state index in [4.69, 9.17) is 0 Å². The first-order valence-corrected chi connectivity index (χ1v) is 3.37. The minimum absolute atomic E-state index is 0.149. The Morgan fingerprint density at radius 2 is 2.10 bits per heavy atom. The molecule has 0 aliphatic carbocycles. The lowest BCUT2D eigenvalue weighted by molar-refractivity contribution is 0.628. The summed E-state index contributed by atoms with van der Waals surface area (Å²) in [7, 11) is 0. The second kappa shape index (κ2) is 1.97. The Morgan fingerprint density at radius 3 is 2.70 bits per heavy atom. The zero-order chi connectivity index (χ0) is 6.97. The van der Waals surface area contributed by atoms with Gasteiger partial charge in [0.05, 0.1) is 0 Å². The van der Waals surface area contributed by atoms with Gasteiger partial charge >= 0.3 is 0 Å². The molecule has 0 atom stereocenters. The standard InChI is InChI=1S/C8H8FN/c9-7-2-1-3-8(6-7)10-4-5-10/h1-3,6H,4-5H2. The number of benzene rings is 1. The fraction of sp³-hybridized carbons (Fsp3) is 0.250. The van der Waals surface area contributed by atoms with Crippen LogP contribution < -0.4 is 4.90 Å².